The molecule has 1 aliphatic rings. The smallest absolute Gasteiger partial charge is 0.257 e. The van der Waals surface area contributed by atoms with Crippen LogP contribution in [-0.2, 0) is 16.0 Å². The molecule has 3 aromatic rings. The standard InChI is InChI=1S/C27H28ClFN2O3S/c1-2-34-16-5-14-30(27(33)21-6-3-4-7-23(21)29)18-25(32)31-15-12-24-22(13-17-35-24)26(31)19-8-10-20(28)11-9-19/h3-4,6-11,13,17,26H,2,5,12,14-16,18H2,1H3. The molecule has 184 valence electrons. The Morgan fingerprint density at radius 3 is 2.69 bits per heavy atom. The van der Waals surface area contributed by atoms with Gasteiger partial charge in [-0.15, -0.1) is 11.3 Å². The van der Waals surface area contributed by atoms with Gasteiger partial charge in [-0.2, -0.15) is 0 Å². The molecule has 1 aliphatic heterocycles. The lowest BCUT2D eigenvalue weighted by atomic mass is 9.93. The summed E-state index contributed by atoms with van der Waals surface area (Å²) in [5.74, 6) is -1.27. The predicted molar refractivity (Wildman–Crippen MR) is 136 cm³/mol. The third kappa shape index (κ3) is 5.92. The molecule has 4 rings (SSSR count). The van der Waals surface area contributed by atoms with E-state index in [1.54, 1.807) is 23.5 Å². The summed E-state index contributed by atoms with van der Waals surface area (Å²) in [5.41, 5.74) is 2.02. The van der Waals surface area contributed by atoms with Crippen molar-refractivity contribution in [3.05, 3.63) is 92.4 Å². The van der Waals surface area contributed by atoms with Crippen molar-refractivity contribution >= 4 is 34.8 Å². The maximum absolute atomic E-state index is 14.4. The number of thiophene rings is 1. The molecule has 1 aromatic heterocycles. The van der Waals surface area contributed by atoms with E-state index in [1.807, 2.05) is 41.5 Å². The largest absolute Gasteiger partial charge is 0.382 e. The highest BCUT2D eigenvalue weighted by atomic mass is 35.5. The Hall–Kier alpha value is -2.74. The molecule has 5 nitrogen and oxygen atoms in total. The minimum absolute atomic E-state index is 0.0373. The van der Waals surface area contributed by atoms with Gasteiger partial charge in [0.15, 0.2) is 0 Å². The minimum Gasteiger partial charge on any atom is -0.382 e. The average Bonchev–Trinajstić information content (AvgIpc) is 3.35. The minimum atomic E-state index is -0.598. The van der Waals surface area contributed by atoms with Crippen LogP contribution in [0.4, 0.5) is 4.39 Å². The zero-order valence-corrected chi connectivity index (χ0v) is 21.2. The van der Waals surface area contributed by atoms with Crippen LogP contribution in [0.3, 0.4) is 0 Å². The molecule has 35 heavy (non-hydrogen) atoms. The van der Waals surface area contributed by atoms with Gasteiger partial charge in [0.25, 0.3) is 5.91 Å². The van der Waals surface area contributed by atoms with Gasteiger partial charge in [-0.3, -0.25) is 9.59 Å². The Labute approximate surface area is 214 Å². The summed E-state index contributed by atoms with van der Waals surface area (Å²) in [7, 11) is 0. The Balaban J connectivity index is 1.59. The second kappa shape index (κ2) is 11.8. The molecule has 8 heteroatoms. The summed E-state index contributed by atoms with van der Waals surface area (Å²) in [6, 6.07) is 15.2. The molecular formula is C27H28ClFN2O3S. The van der Waals surface area contributed by atoms with E-state index >= 15 is 0 Å². The first-order valence-corrected chi connectivity index (χ1v) is 13.0. The number of halogens is 2. The number of benzene rings is 2. The number of carbonyl (C=O) groups excluding carboxylic acids is 2. The molecule has 0 bridgehead atoms. The number of nitrogens with zero attached hydrogens (tertiary/aromatic N) is 2. The molecule has 0 saturated heterocycles. The maximum atomic E-state index is 14.4. The highest BCUT2D eigenvalue weighted by Gasteiger charge is 2.34. The van der Waals surface area contributed by atoms with E-state index < -0.39 is 11.7 Å². The quantitative estimate of drug-likeness (QED) is 0.350. The van der Waals surface area contributed by atoms with Crippen molar-refractivity contribution in [2.45, 2.75) is 25.8 Å². The molecule has 0 spiro atoms. The Bertz CT molecular complexity index is 1170. The summed E-state index contributed by atoms with van der Waals surface area (Å²) in [5, 5.41) is 2.67. The van der Waals surface area contributed by atoms with Gasteiger partial charge in [-0.1, -0.05) is 35.9 Å². The maximum Gasteiger partial charge on any atom is 0.257 e. The van der Waals surface area contributed by atoms with Crippen molar-refractivity contribution in [1.82, 2.24) is 9.80 Å². The zero-order chi connectivity index (χ0) is 24.8. The lowest BCUT2D eigenvalue weighted by Gasteiger charge is -2.37. The summed E-state index contributed by atoms with van der Waals surface area (Å²) >= 11 is 7.80. The SMILES string of the molecule is CCOCCCN(CC(=O)N1CCc2sccc2C1c1ccc(Cl)cc1)C(=O)c1ccccc1F. The van der Waals surface area contributed by atoms with E-state index in [1.165, 1.54) is 21.9 Å². The molecule has 0 saturated carbocycles. The monoisotopic (exact) mass is 514 g/mol. The van der Waals surface area contributed by atoms with Gasteiger partial charge < -0.3 is 14.5 Å². The number of rotatable bonds is 9. The fourth-order valence-electron chi connectivity index (χ4n) is 4.40. The van der Waals surface area contributed by atoms with Crippen LogP contribution in [0.25, 0.3) is 0 Å². The normalized spacial score (nSPS) is 15.1. The Morgan fingerprint density at radius 1 is 1.17 bits per heavy atom. The van der Waals surface area contributed by atoms with Crippen molar-refractivity contribution in [3.8, 4) is 0 Å². The molecule has 2 aromatic carbocycles. The van der Waals surface area contributed by atoms with Gasteiger partial charge in [-0.05, 0) is 66.6 Å². The van der Waals surface area contributed by atoms with E-state index in [4.69, 9.17) is 16.3 Å². The van der Waals surface area contributed by atoms with Crippen molar-refractivity contribution in [3.63, 3.8) is 0 Å². The van der Waals surface area contributed by atoms with E-state index in [2.05, 4.69) is 6.07 Å². The highest BCUT2D eigenvalue weighted by Crippen LogP contribution is 2.38. The number of amides is 2. The lowest BCUT2D eigenvalue weighted by Crippen LogP contribution is -2.47. The molecule has 0 N–H and O–H groups in total. The van der Waals surface area contributed by atoms with Gasteiger partial charge >= 0.3 is 0 Å². The summed E-state index contributed by atoms with van der Waals surface area (Å²) in [6.45, 7) is 3.63. The fourth-order valence-corrected chi connectivity index (χ4v) is 5.43. The number of fused-ring (bicyclic) bond motifs is 1. The van der Waals surface area contributed by atoms with E-state index in [9.17, 15) is 14.0 Å². The molecule has 1 unspecified atom stereocenters. The van der Waals surface area contributed by atoms with Crippen LogP contribution in [0, 0.1) is 5.82 Å². The second-order valence-electron chi connectivity index (χ2n) is 8.35. The van der Waals surface area contributed by atoms with Gasteiger partial charge in [-0.25, -0.2) is 4.39 Å². The van der Waals surface area contributed by atoms with Gasteiger partial charge in [0.1, 0.15) is 12.4 Å². The first-order valence-electron chi connectivity index (χ1n) is 11.7. The number of carbonyl (C=O) groups is 2. The van der Waals surface area contributed by atoms with Crippen LogP contribution < -0.4 is 0 Å². The first-order chi connectivity index (χ1) is 17.0. The zero-order valence-electron chi connectivity index (χ0n) is 19.6. The van der Waals surface area contributed by atoms with Crippen LogP contribution in [-0.4, -0.2) is 54.5 Å². The van der Waals surface area contributed by atoms with Gasteiger partial charge in [0, 0.05) is 36.2 Å². The Morgan fingerprint density at radius 2 is 1.94 bits per heavy atom. The number of hydrogen-bond donors (Lipinski definition) is 0. The molecule has 2 heterocycles. The van der Waals surface area contributed by atoms with Gasteiger partial charge in [0.2, 0.25) is 5.91 Å². The van der Waals surface area contributed by atoms with Crippen LogP contribution in [0.15, 0.2) is 60.0 Å². The third-order valence-corrected chi connectivity index (χ3v) is 7.36. The first kappa shape index (κ1) is 25.4. The number of ether oxygens (including phenoxy) is 1. The molecule has 1 atom stereocenters. The summed E-state index contributed by atoms with van der Waals surface area (Å²) in [6.07, 6.45) is 1.31. The van der Waals surface area contributed by atoms with E-state index in [-0.39, 0.29) is 24.1 Å². The van der Waals surface area contributed by atoms with Crippen molar-refractivity contribution in [1.29, 1.82) is 0 Å². The van der Waals surface area contributed by atoms with Crippen LogP contribution >= 0.6 is 22.9 Å². The van der Waals surface area contributed by atoms with Crippen molar-refractivity contribution in [2.75, 3.05) is 32.8 Å². The highest BCUT2D eigenvalue weighted by molar-refractivity contribution is 7.10. The van der Waals surface area contributed by atoms with Crippen LogP contribution in [0.2, 0.25) is 5.02 Å². The van der Waals surface area contributed by atoms with E-state index in [0.717, 1.165) is 17.5 Å². The second-order valence-corrected chi connectivity index (χ2v) is 9.78. The topological polar surface area (TPSA) is 49.9 Å². The molecule has 0 radical (unpaired) electrons. The summed E-state index contributed by atoms with van der Waals surface area (Å²) < 4.78 is 19.8. The molecule has 0 fully saturated rings. The number of hydrogen-bond acceptors (Lipinski definition) is 4. The fraction of sp³-hybridized carbons (Fsp3) is 0.333. The molecule has 2 amide bonds. The third-order valence-electron chi connectivity index (χ3n) is 6.11. The van der Waals surface area contributed by atoms with Crippen LogP contribution in [0.1, 0.15) is 45.7 Å². The predicted octanol–water partition coefficient (Wildman–Crippen LogP) is 5.58. The lowest BCUT2D eigenvalue weighted by molar-refractivity contribution is -0.134. The van der Waals surface area contributed by atoms with Crippen molar-refractivity contribution in [2.24, 2.45) is 0 Å². The molecular weight excluding hydrogens is 487 g/mol. The summed E-state index contributed by atoms with van der Waals surface area (Å²) in [4.78, 5) is 31.4. The van der Waals surface area contributed by atoms with Gasteiger partial charge in [0.05, 0.1) is 11.6 Å². The van der Waals surface area contributed by atoms with Crippen LogP contribution in [0.5, 0.6) is 0 Å². The average molecular weight is 515 g/mol. The van der Waals surface area contributed by atoms with Crippen molar-refractivity contribution < 1.29 is 18.7 Å². The molecule has 0 aliphatic carbocycles. The van der Waals surface area contributed by atoms with E-state index in [0.29, 0.717) is 37.7 Å². The Kier molecular flexibility index (Phi) is 8.55.